The molecule has 1 unspecified atom stereocenters. The van der Waals surface area contributed by atoms with E-state index in [1.165, 1.54) is 0 Å². The van der Waals surface area contributed by atoms with Gasteiger partial charge in [-0.2, -0.15) is 0 Å². The lowest BCUT2D eigenvalue weighted by atomic mass is 10.2. The minimum absolute atomic E-state index is 0.583. The summed E-state index contributed by atoms with van der Waals surface area (Å²) in [6, 6.07) is 8.31. The van der Waals surface area contributed by atoms with E-state index in [0.717, 1.165) is 44.3 Å². The second kappa shape index (κ2) is 6.61. The molecule has 1 aliphatic rings. The molecule has 1 atom stereocenters. The number of hydrogen-bond donors (Lipinski definition) is 1. The van der Waals surface area contributed by atoms with Crippen molar-refractivity contribution in [3.63, 3.8) is 0 Å². The summed E-state index contributed by atoms with van der Waals surface area (Å²) < 4.78 is 10.8. The van der Waals surface area contributed by atoms with Crippen LogP contribution < -0.4 is 14.8 Å². The minimum Gasteiger partial charge on any atom is -0.497 e. The van der Waals surface area contributed by atoms with E-state index in [9.17, 15) is 0 Å². The molecule has 0 aliphatic carbocycles. The van der Waals surface area contributed by atoms with Gasteiger partial charge in [0.25, 0.3) is 0 Å². The van der Waals surface area contributed by atoms with Gasteiger partial charge in [-0.1, -0.05) is 0 Å². The Morgan fingerprint density at radius 3 is 2.67 bits per heavy atom. The molecule has 4 nitrogen and oxygen atoms in total. The summed E-state index contributed by atoms with van der Waals surface area (Å²) in [6.07, 6.45) is 0. The monoisotopic (exact) mass is 250 g/mol. The molecule has 0 aromatic heterocycles. The Bertz CT molecular complexity index is 353. The number of rotatable bonds is 5. The maximum Gasteiger partial charge on any atom is 0.119 e. The summed E-state index contributed by atoms with van der Waals surface area (Å²) in [6.45, 7) is 7.22. The Morgan fingerprint density at radius 2 is 2.00 bits per heavy atom. The number of piperazine rings is 1. The molecule has 1 aromatic carbocycles. The van der Waals surface area contributed by atoms with Crippen molar-refractivity contribution >= 4 is 0 Å². The van der Waals surface area contributed by atoms with Crippen molar-refractivity contribution in [2.24, 2.45) is 0 Å². The summed E-state index contributed by atoms with van der Waals surface area (Å²) >= 11 is 0. The quantitative estimate of drug-likeness (QED) is 0.856. The van der Waals surface area contributed by atoms with E-state index in [0.29, 0.717) is 6.04 Å². The van der Waals surface area contributed by atoms with Gasteiger partial charge in [-0.3, -0.25) is 4.90 Å². The standard InChI is InChI=1S/C14H22N2O2/c1-12-11-16(8-7-15-12)9-10-18-14-5-3-13(17-2)4-6-14/h3-6,12,15H,7-11H2,1-2H3. The Morgan fingerprint density at radius 1 is 1.28 bits per heavy atom. The third-order valence-electron chi connectivity index (χ3n) is 3.19. The zero-order valence-electron chi connectivity index (χ0n) is 11.2. The van der Waals surface area contributed by atoms with Crippen LogP contribution in [0.15, 0.2) is 24.3 Å². The summed E-state index contributed by atoms with van der Waals surface area (Å²) in [5, 5.41) is 3.44. The van der Waals surface area contributed by atoms with Crippen LogP contribution >= 0.6 is 0 Å². The van der Waals surface area contributed by atoms with E-state index in [4.69, 9.17) is 9.47 Å². The number of nitrogens with zero attached hydrogens (tertiary/aromatic N) is 1. The molecule has 0 amide bonds. The highest BCUT2D eigenvalue weighted by Crippen LogP contribution is 2.16. The van der Waals surface area contributed by atoms with Gasteiger partial charge >= 0.3 is 0 Å². The topological polar surface area (TPSA) is 33.7 Å². The van der Waals surface area contributed by atoms with Crippen LogP contribution in [0, 0.1) is 0 Å². The first kappa shape index (κ1) is 13.2. The predicted octanol–water partition coefficient (Wildman–Crippen LogP) is 1.37. The fraction of sp³-hybridized carbons (Fsp3) is 0.571. The normalized spacial score (nSPS) is 20.7. The molecular weight excluding hydrogens is 228 g/mol. The highest BCUT2D eigenvalue weighted by molar-refractivity contribution is 5.31. The molecular formula is C14H22N2O2. The highest BCUT2D eigenvalue weighted by atomic mass is 16.5. The largest absolute Gasteiger partial charge is 0.497 e. The zero-order valence-corrected chi connectivity index (χ0v) is 11.2. The second-order valence-electron chi connectivity index (χ2n) is 4.68. The van der Waals surface area contributed by atoms with Crippen LogP contribution in [0.2, 0.25) is 0 Å². The van der Waals surface area contributed by atoms with Crippen molar-refractivity contribution in [3.05, 3.63) is 24.3 Å². The van der Waals surface area contributed by atoms with E-state index < -0.39 is 0 Å². The van der Waals surface area contributed by atoms with Crippen LogP contribution in [0.5, 0.6) is 11.5 Å². The molecule has 100 valence electrons. The van der Waals surface area contributed by atoms with Crippen molar-refractivity contribution in [3.8, 4) is 11.5 Å². The molecule has 1 fully saturated rings. The molecule has 1 aliphatic heterocycles. The van der Waals surface area contributed by atoms with Gasteiger partial charge in [-0.15, -0.1) is 0 Å². The van der Waals surface area contributed by atoms with Crippen molar-refractivity contribution in [2.75, 3.05) is 39.9 Å². The van der Waals surface area contributed by atoms with Crippen LogP contribution in [0.1, 0.15) is 6.92 Å². The van der Waals surface area contributed by atoms with Gasteiger partial charge < -0.3 is 14.8 Å². The Labute approximate surface area is 109 Å². The molecule has 1 heterocycles. The number of methoxy groups -OCH3 is 1. The zero-order chi connectivity index (χ0) is 12.8. The highest BCUT2D eigenvalue weighted by Gasteiger charge is 2.14. The fourth-order valence-electron chi connectivity index (χ4n) is 2.18. The maximum absolute atomic E-state index is 5.73. The number of hydrogen-bond acceptors (Lipinski definition) is 4. The lowest BCUT2D eigenvalue weighted by molar-refractivity contribution is 0.170. The Hall–Kier alpha value is -1.26. The van der Waals surface area contributed by atoms with Crippen LogP contribution in [0.25, 0.3) is 0 Å². The number of benzene rings is 1. The van der Waals surface area contributed by atoms with Crippen molar-refractivity contribution in [1.82, 2.24) is 10.2 Å². The smallest absolute Gasteiger partial charge is 0.119 e. The minimum atomic E-state index is 0.583. The maximum atomic E-state index is 5.73. The number of nitrogens with one attached hydrogen (secondary N) is 1. The van der Waals surface area contributed by atoms with Gasteiger partial charge in [-0.05, 0) is 31.2 Å². The van der Waals surface area contributed by atoms with E-state index in [-0.39, 0.29) is 0 Å². The fourth-order valence-corrected chi connectivity index (χ4v) is 2.18. The molecule has 1 N–H and O–H groups in total. The first-order valence-electron chi connectivity index (χ1n) is 6.50. The van der Waals surface area contributed by atoms with Gasteiger partial charge in [0.2, 0.25) is 0 Å². The molecule has 0 bridgehead atoms. The first-order valence-corrected chi connectivity index (χ1v) is 6.50. The van der Waals surface area contributed by atoms with E-state index in [1.54, 1.807) is 7.11 Å². The van der Waals surface area contributed by atoms with E-state index in [1.807, 2.05) is 24.3 Å². The molecule has 18 heavy (non-hydrogen) atoms. The van der Waals surface area contributed by atoms with Crippen molar-refractivity contribution in [2.45, 2.75) is 13.0 Å². The lowest BCUT2D eigenvalue weighted by Crippen LogP contribution is -2.50. The third-order valence-corrected chi connectivity index (χ3v) is 3.19. The average molecular weight is 250 g/mol. The first-order chi connectivity index (χ1) is 8.78. The third kappa shape index (κ3) is 3.89. The molecule has 2 rings (SSSR count). The summed E-state index contributed by atoms with van der Waals surface area (Å²) in [7, 11) is 1.67. The lowest BCUT2D eigenvalue weighted by Gasteiger charge is -2.31. The van der Waals surface area contributed by atoms with Gasteiger partial charge in [0.1, 0.15) is 18.1 Å². The van der Waals surface area contributed by atoms with E-state index >= 15 is 0 Å². The van der Waals surface area contributed by atoms with Gasteiger partial charge in [0, 0.05) is 32.2 Å². The summed E-state index contributed by atoms with van der Waals surface area (Å²) in [4.78, 5) is 2.44. The van der Waals surface area contributed by atoms with Crippen LogP contribution in [-0.4, -0.2) is 50.8 Å². The second-order valence-corrected chi connectivity index (χ2v) is 4.68. The van der Waals surface area contributed by atoms with E-state index in [2.05, 4.69) is 17.1 Å². The molecule has 0 radical (unpaired) electrons. The molecule has 1 aromatic rings. The number of ether oxygens (including phenoxy) is 2. The Kier molecular flexibility index (Phi) is 4.84. The predicted molar refractivity (Wildman–Crippen MR) is 72.4 cm³/mol. The molecule has 0 saturated carbocycles. The molecule has 4 heteroatoms. The van der Waals surface area contributed by atoms with Crippen LogP contribution in [0.4, 0.5) is 0 Å². The molecule has 1 saturated heterocycles. The van der Waals surface area contributed by atoms with Crippen LogP contribution in [0.3, 0.4) is 0 Å². The average Bonchev–Trinajstić information content (AvgIpc) is 2.40. The van der Waals surface area contributed by atoms with Gasteiger partial charge in [0.15, 0.2) is 0 Å². The Balaban J connectivity index is 1.70. The van der Waals surface area contributed by atoms with Crippen molar-refractivity contribution < 1.29 is 9.47 Å². The molecule has 0 spiro atoms. The summed E-state index contributed by atoms with van der Waals surface area (Å²) in [5.74, 6) is 1.76. The van der Waals surface area contributed by atoms with Gasteiger partial charge in [0.05, 0.1) is 7.11 Å². The van der Waals surface area contributed by atoms with Gasteiger partial charge in [-0.25, -0.2) is 0 Å². The van der Waals surface area contributed by atoms with Crippen LogP contribution in [-0.2, 0) is 0 Å². The van der Waals surface area contributed by atoms with Crippen molar-refractivity contribution in [1.29, 1.82) is 0 Å². The summed E-state index contributed by atoms with van der Waals surface area (Å²) in [5.41, 5.74) is 0. The SMILES string of the molecule is COc1ccc(OCCN2CCNC(C)C2)cc1.